The fraction of sp³-hybridized carbons (Fsp3) is 0.923. The lowest BCUT2D eigenvalue weighted by molar-refractivity contribution is -0.00381. The van der Waals surface area contributed by atoms with E-state index >= 15 is 0 Å². The molecule has 0 aromatic heterocycles. The summed E-state index contributed by atoms with van der Waals surface area (Å²) in [5.41, 5.74) is -0.639. The first-order valence-corrected chi connectivity index (χ1v) is 6.20. The number of nitrogens with zero attached hydrogens (tertiary/aromatic N) is 1. The van der Waals surface area contributed by atoms with Crippen LogP contribution in [0.25, 0.3) is 0 Å². The number of carbonyl (C=O) groups excluding carboxylic acids is 1. The molecule has 4 heteroatoms. The number of amides is 1. The number of hydrogen-bond donors (Lipinski definition) is 1. The molecule has 0 aromatic carbocycles. The second-order valence-electron chi connectivity index (χ2n) is 6.84. The van der Waals surface area contributed by atoms with Gasteiger partial charge in [0.25, 0.3) is 0 Å². The molecule has 0 aromatic rings. The molecule has 17 heavy (non-hydrogen) atoms. The SMILES string of the molecule is CC(C)(C)OC(=O)N1CCC(O)C1C(C)(C)C. The molecule has 1 amide bonds. The van der Waals surface area contributed by atoms with Crippen LogP contribution in [0.4, 0.5) is 4.79 Å². The van der Waals surface area contributed by atoms with Gasteiger partial charge in [-0.05, 0) is 32.6 Å². The van der Waals surface area contributed by atoms with Gasteiger partial charge in [0.1, 0.15) is 5.60 Å². The molecule has 0 radical (unpaired) electrons. The summed E-state index contributed by atoms with van der Waals surface area (Å²) in [5.74, 6) is 0. The van der Waals surface area contributed by atoms with E-state index in [1.165, 1.54) is 0 Å². The monoisotopic (exact) mass is 243 g/mol. The number of likely N-dealkylation sites (tertiary alicyclic amines) is 1. The lowest BCUT2D eigenvalue weighted by Crippen LogP contribution is -2.49. The van der Waals surface area contributed by atoms with Gasteiger partial charge in [-0.1, -0.05) is 20.8 Å². The van der Waals surface area contributed by atoms with E-state index in [0.717, 1.165) is 0 Å². The van der Waals surface area contributed by atoms with Gasteiger partial charge in [0.15, 0.2) is 0 Å². The molecule has 100 valence electrons. The van der Waals surface area contributed by atoms with Crippen LogP contribution < -0.4 is 0 Å². The highest BCUT2D eigenvalue weighted by atomic mass is 16.6. The zero-order chi connectivity index (χ0) is 13.4. The summed E-state index contributed by atoms with van der Waals surface area (Å²) >= 11 is 0. The van der Waals surface area contributed by atoms with Gasteiger partial charge in [-0.3, -0.25) is 0 Å². The standard InChI is InChI=1S/C13H25NO3/c1-12(2,3)10-9(15)7-8-14(10)11(16)17-13(4,5)6/h9-10,15H,7-8H2,1-6H3. The highest BCUT2D eigenvalue weighted by Gasteiger charge is 2.44. The third-order valence-corrected chi connectivity index (χ3v) is 2.88. The molecule has 0 aliphatic carbocycles. The van der Waals surface area contributed by atoms with Gasteiger partial charge in [-0.25, -0.2) is 4.79 Å². The second kappa shape index (κ2) is 4.48. The molecule has 0 spiro atoms. The van der Waals surface area contributed by atoms with E-state index in [1.807, 2.05) is 41.5 Å². The molecule has 1 fully saturated rings. The first-order valence-electron chi connectivity index (χ1n) is 6.20. The fourth-order valence-corrected chi connectivity index (χ4v) is 2.35. The predicted molar refractivity (Wildman–Crippen MR) is 66.8 cm³/mol. The van der Waals surface area contributed by atoms with E-state index in [2.05, 4.69) is 0 Å². The Kier molecular flexibility index (Phi) is 3.77. The van der Waals surface area contributed by atoms with Crippen molar-refractivity contribution in [1.29, 1.82) is 0 Å². The number of rotatable bonds is 0. The summed E-state index contributed by atoms with van der Waals surface area (Å²) in [6.45, 7) is 12.2. The van der Waals surface area contributed by atoms with E-state index < -0.39 is 11.7 Å². The Balaban J connectivity index is 2.80. The maximum Gasteiger partial charge on any atom is 0.410 e. The van der Waals surface area contributed by atoms with Crippen molar-refractivity contribution in [3.05, 3.63) is 0 Å². The molecule has 1 N–H and O–H groups in total. The Bertz CT molecular complexity index is 288. The number of aliphatic hydroxyl groups is 1. The smallest absolute Gasteiger partial charge is 0.410 e. The third kappa shape index (κ3) is 3.60. The van der Waals surface area contributed by atoms with Gasteiger partial charge in [-0.2, -0.15) is 0 Å². The van der Waals surface area contributed by atoms with Crippen LogP contribution in [0.1, 0.15) is 48.0 Å². The number of ether oxygens (including phenoxy) is 1. The highest BCUT2D eigenvalue weighted by Crippen LogP contribution is 2.33. The van der Waals surface area contributed by atoms with E-state index in [1.54, 1.807) is 4.90 Å². The molecule has 1 heterocycles. The molecular formula is C13H25NO3. The third-order valence-electron chi connectivity index (χ3n) is 2.88. The molecule has 1 rings (SSSR count). The topological polar surface area (TPSA) is 49.8 Å². The van der Waals surface area contributed by atoms with Crippen molar-refractivity contribution >= 4 is 6.09 Å². The van der Waals surface area contributed by atoms with Gasteiger partial charge in [-0.15, -0.1) is 0 Å². The molecule has 2 unspecified atom stereocenters. The lowest BCUT2D eigenvalue weighted by atomic mass is 9.84. The normalized spacial score (nSPS) is 26.2. The maximum atomic E-state index is 12.1. The van der Waals surface area contributed by atoms with Gasteiger partial charge in [0, 0.05) is 6.54 Å². The zero-order valence-corrected chi connectivity index (χ0v) is 11.8. The Labute approximate surface area is 104 Å². The van der Waals surface area contributed by atoms with Crippen LogP contribution in [-0.4, -0.2) is 40.4 Å². The van der Waals surface area contributed by atoms with Crippen LogP contribution in [0.5, 0.6) is 0 Å². The van der Waals surface area contributed by atoms with Crippen LogP contribution in [-0.2, 0) is 4.74 Å². The lowest BCUT2D eigenvalue weighted by Gasteiger charge is -2.37. The Hall–Kier alpha value is -0.770. The summed E-state index contributed by atoms with van der Waals surface area (Å²) in [7, 11) is 0. The molecule has 4 nitrogen and oxygen atoms in total. The van der Waals surface area contributed by atoms with Crippen molar-refractivity contribution in [1.82, 2.24) is 4.90 Å². The van der Waals surface area contributed by atoms with Crippen LogP contribution in [0, 0.1) is 5.41 Å². The van der Waals surface area contributed by atoms with Crippen molar-refractivity contribution in [2.24, 2.45) is 5.41 Å². The molecule has 1 aliphatic rings. The highest BCUT2D eigenvalue weighted by molar-refractivity contribution is 5.69. The Morgan fingerprint density at radius 1 is 1.24 bits per heavy atom. The van der Waals surface area contributed by atoms with E-state index in [-0.39, 0.29) is 17.6 Å². The average molecular weight is 243 g/mol. The van der Waals surface area contributed by atoms with Crippen molar-refractivity contribution in [2.45, 2.75) is 65.7 Å². The zero-order valence-electron chi connectivity index (χ0n) is 11.8. The molecular weight excluding hydrogens is 218 g/mol. The first kappa shape index (κ1) is 14.3. The summed E-state index contributed by atoms with van der Waals surface area (Å²) in [4.78, 5) is 13.7. The summed E-state index contributed by atoms with van der Waals surface area (Å²) in [6, 6.07) is -0.169. The first-order chi connectivity index (χ1) is 7.52. The van der Waals surface area contributed by atoms with Crippen molar-refractivity contribution in [2.75, 3.05) is 6.54 Å². The van der Waals surface area contributed by atoms with Gasteiger partial charge < -0.3 is 14.7 Å². The van der Waals surface area contributed by atoms with E-state index in [9.17, 15) is 9.90 Å². The molecule has 0 saturated carbocycles. The van der Waals surface area contributed by atoms with E-state index in [4.69, 9.17) is 4.74 Å². The number of aliphatic hydroxyl groups excluding tert-OH is 1. The summed E-state index contributed by atoms with van der Waals surface area (Å²) in [5, 5.41) is 9.99. The largest absolute Gasteiger partial charge is 0.444 e. The molecule has 2 atom stereocenters. The quantitative estimate of drug-likeness (QED) is 0.710. The fourth-order valence-electron chi connectivity index (χ4n) is 2.35. The minimum absolute atomic E-state index is 0.146. The Morgan fingerprint density at radius 3 is 2.18 bits per heavy atom. The van der Waals surface area contributed by atoms with Gasteiger partial charge >= 0.3 is 6.09 Å². The second-order valence-corrected chi connectivity index (χ2v) is 6.84. The summed E-state index contributed by atoms with van der Waals surface area (Å²) < 4.78 is 5.37. The predicted octanol–water partition coefficient (Wildman–Crippen LogP) is 2.40. The van der Waals surface area contributed by atoms with E-state index in [0.29, 0.717) is 13.0 Å². The van der Waals surface area contributed by atoms with Crippen LogP contribution in [0.2, 0.25) is 0 Å². The Morgan fingerprint density at radius 2 is 1.76 bits per heavy atom. The average Bonchev–Trinajstić information content (AvgIpc) is 2.42. The molecule has 0 bridgehead atoms. The maximum absolute atomic E-state index is 12.1. The van der Waals surface area contributed by atoms with Gasteiger partial charge in [0.05, 0.1) is 12.1 Å². The number of carbonyl (C=O) groups is 1. The minimum atomic E-state index is -0.493. The number of hydrogen-bond acceptors (Lipinski definition) is 3. The van der Waals surface area contributed by atoms with Crippen LogP contribution in [0.15, 0.2) is 0 Å². The van der Waals surface area contributed by atoms with Crippen molar-refractivity contribution < 1.29 is 14.6 Å². The minimum Gasteiger partial charge on any atom is -0.444 e. The van der Waals surface area contributed by atoms with Crippen LogP contribution in [0.3, 0.4) is 0 Å². The summed E-state index contributed by atoms with van der Waals surface area (Å²) in [6.07, 6.45) is -0.155. The molecule has 1 saturated heterocycles. The van der Waals surface area contributed by atoms with Crippen molar-refractivity contribution in [3.63, 3.8) is 0 Å². The molecule has 1 aliphatic heterocycles. The van der Waals surface area contributed by atoms with Crippen LogP contribution >= 0.6 is 0 Å². The van der Waals surface area contributed by atoms with Crippen molar-refractivity contribution in [3.8, 4) is 0 Å². The van der Waals surface area contributed by atoms with Gasteiger partial charge in [0.2, 0.25) is 0 Å².